The number of rotatable bonds is 6. The first-order valence-electron chi connectivity index (χ1n) is 13.1. The molecule has 2 heterocycles. The lowest BCUT2D eigenvalue weighted by Gasteiger charge is -2.34. The lowest BCUT2D eigenvalue weighted by Crippen LogP contribution is -2.31. The van der Waals surface area contributed by atoms with Gasteiger partial charge in [-0.05, 0) is 59.4 Å². The third-order valence-electron chi connectivity index (χ3n) is 7.14. The van der Waals surface area contributed by atoms with Gasteiger partial charge in [0, 0.05) is 22.2 Å². The van der Waals surface area contributed by atoms with Crippen LogP contribution in [0.5, 0.6) is 5.75 Å². The van der Waals surface area contributed by atoms with E-state index in [1.54, 1.807) is 0 Å². The van der Waals surface area contributed by atoms with Gasteiger partial charge in [0.15, 0.2) is 5.78 Å². The summed E-state index contributed by atoms with van der Waals surface area (Å²) >= 11 is 3.47. The van der Waals surface area contributed by atoms with Crippen LogP contribution in [0.3, 0.4) is 0 Å². The second-order valence-corrected chi connectivity index (χ2v) is 11.9. The second-order valence-electron chi connectivity index (χ2n) is 11.0. The number of hydrogen-bond acceptors (Lipinski definition) is 6. The van der Waals surface area contributed by atoms with E-state index >= 15 is 0 Å². The van der Waals surface area contributed by atoms with Gasteiger partial charge < -0.3 is 15.4 Å². The lowest BCUT2D eigenvalue weighted by molar-refractivity contribution is -0.118. The Morgan fingerprint density at radius 2 is 1.82 bits per heavy atom. The minimum absolute atomic E-state index is 0.0908. The molecule has 39 heavy (non-hydrogen) atoms. The van der Waals surface area contributed by atoms with Crippen LogP contribution >= 0.6 is 15.9 Å². The van der Waals surface area contributed by atoms with Crippen LogP contribution in [0.2, 0.25) is 0 Å². The summed E-state index contributed by atoms with van der Waals surface area (Å²) in [5.41, 5.74) is 6.53. The number of Topliss-reactive ketones (excluding diaryl/α,β-unsaturated/α-hetero) is 1. The Hall–Kier alpha value is -3.91. The van der Waals surface area contributed by atoms with Gasteiger partial charge in [-0.3, -0.25) is 4.79 Å². The van der Waals surface area contributed by atoms with Gasteiger partial charge in [-0.2, -0.15) is 0 Å². The highest BCUT2D eigenvalue weighted by Crippen LogP contribution is 2.45. The maximum absolute atomic E-state index is 13.5. The summed E-state index contributed by atoms with van der Waals surface area (Å²) in [6, 6.07) is 23.9. The standard InChI is InChI=1S/C31H30BrN5O2/c1-31(2)15-27-29(28(38)16-31)30(34-26-9-4-3-8-25(26)33-27)21-6-5-7-24(14-21)39-19-23-18-37(36-35-23)17-20-10-12-22(32)13-11-20/h3-14,18,30,33-34H,15-17,19H2,1-2H3. The fourth-order valence-corrected chi connectivity index (χ4v) is 5.60. The van der Waals surface area contributed by atoms with Gasteiger partial charge in [-0.1, -0.05) is 71.4 Å². The summed E-state index contributed by atoms with van der Waals surface area (Å²) in [7, 11) is 0. The van der Waals surface area contributed by atoms with Crippen molar-refractivity contribution < 1.29 is 9.53 Å². The molecule has 6 rings (SSSR count). The van der Waals surface area contributed by atoms with Gasteiger partial charge in [0.1, 0.15) is 18.1 Å². The van der Waals surface area contributed by atoms with E-state index < -0.39 is 0 Å². The summed E-state index contributed by atoms with van der Waals surface area (Å²) in [5.74, 6) is 0.890. The minimum Gasteiger partial charge on any atom is -0.487 e. The molecule has 3 aromatic carbocycles. The first kappa shape index (κ1) is 25.4. The maximum atomic E-state index is 13.5. The van der Waals surface area contributed by atoms with Crippen LogP contribution in [-0.4, -0.2) is 20.8 Å². The average Bonchev–Trinajstić information content (AvgIpc) is 3.28. The van der Waals surface area contributed by atoms with E-state index in [4.69, 9.17) is 4.74 Å². The van der Waals surface area contributed by atoms with E-state index in [0.717, 1.165) is 50.4 Å². The Bertz CT molecular complexity index is 1560. The van der Waals surface area contributed by atoms with Crippen molar-refractivity contribution in [1.82, 2.24) is 15.0 Å². The molecule has 2 aliphatic rings. The van der Waals surface area contributed by atoms with Crippen LogP contribution in [0.15, 0.2) is 94.7 Å². The Morgan fingerprint density at radius 1 is 1.03 bits per heavy atom. The van der Waals surface area contributed by atoms with Crippen LogP contribution in [0, 0.1) is 5.41 Å². The van der Waals surface area contributed by atoms with Gasteiger partial charge in [0.05, 0.1) is 30.2 Å². The molecular formula is C31H30BrN5O2. The number of aromatic nitrogens is 3. The zero-order valence-corrected chi connectivity index (χ0v) is 23.5. The number of allylic oxidation sites excluding steroid dienone is 1. The number of halogens is 1. The van der Waals surface area contributed by atoms with E-state index in [0.29, 0.717) is 25.3 Å². The quantitative estimate of drug-likeness (QED) is 0.257. The number of anilines is 2. The number of nitrogens with one attached hydrogen (secondary N) is 2. The topological polar surface area (TPSA) is 81.1 Å². The summed E-state index contributed by atoms with van der Waals surface area (Å²) in [4.78, 5) is 13.5. The number of para-hydroxylation sites is 2. The molecule has 4 aromatic rings. The molecule has 0 spiro atoms. The first-order valence-corrected chi connectivity index (χ1v) is 13.9. The van der Waals surface area contributed by atoms with E-state index in [9.17, 15) is 4.79 Å². The number of benzene rings is 3. The zero-order valence-electron chi connectivity index (χ0n) is 21.9. The van der Waals surface area contributed by atoms with Crippen molar-refractivity contribution >= 4 is 33.1 Å². The van der Waals surface area contributed by atoms with E-state index in [-0.39, 0.29) is 17.2 Å². The molecule has 7 nitrogen and oxygen atoms in total. The van der Waals surface area contributed by atoms with E-state index in [1.165, 1.54) is 0 Å². The van der Waals surface area contributed by atoms with E-state index in [2.05, 4.69) is 62.9 Å². The molecule has 0 saturated carbocycles. The van der Waals surface area contributed by atoms with Crippen LogP contribution in [-0.2, 0) is 17.9 Å². The third kappa shape index (κ3) is 5.61. The lowest BCUT2D eigenvalue weighted by atomic mass is 9.73. The smallest absolute Gasteiger partial charge is 0.163 e. The molecule has 1 aromatic heterocycles. The van der Waals surface area contributed by atoms with Gasteiger partial charge >= 0.3 is 0 Å². The van der Waals surface area contributed by atoms with Crippen LogP contribution in [0.4, 0.5) is 11.4 Å². The molecule has 1 atom stereocenters. The summed E-state index contributed by atoms with van der Waals surface area (Å²) in [6.45, 7) is 5.24. The number of hydrogen-bond donors (Lipinski definition) is 2. The molecule has 1 unspecified atom stereocenters. The van der Waals surface area contributed by atoms with Gasteiger partial charge in [0.25, 0.3) is 0 Å². The number of fused-ring (bicyclic) bond motifs is 1. The maximum Gasteiger partial charge on any atom is 0.163 e. The molecule has 0 fully saturated rings. The van der Waals surface area contributed by atoms with Crippen molar-refractivity contribution in [2.24, 2.45) is 5.41 Å². The minimum atomic E-state index is -0.282. The zero-order chi connectivity index (χ0) is 27.0. The predicted molar refractivity (Wildman–Crippen MR) is 156 cm³/mol. The molecule has 0 saturated heterocycles. The number of nitrogens with zero attached hydrogens (tertiary/aromatic N) is 3. The Balaban J connectivity index is 1.23. The first-order chi connectivity index (χ1) is 18.8. The van der Waals surface area contributed by atoms with Crippen molar-refractivity contribution in [2.45, 2.75) is 45.9 Å². The summed E-state index contributed by atoms with van der Waals surface area (Å²) in [6.07, 6.45) is 3.24. The Labute approximate surface area is 236 Å². The molecule has 198 valence electrons. The van der Waals surface area contributed by atoms with Gasteiger partial charge in [0.2, 0.25) is 0 Å². The van der Waals surface area contributed by atoms with Gasteiger partial charge in [-0.25, -0.2) is 4.68 Å². The predicted octanol–water partition coefficient (Wildman–Crippen LogP) is 6.89. The number of carbonyl (C=O) groups is 1. The van der Waals surface area contributed by atoms with E-state index in [1.807, 2.05) is 71.5 Å². The van der Waals surface area contributed by atoms with Crippen molar-refractivity contribution in [3.05, 3.63) is 112 Å². The highest BCUT2D eigenvalue weighted by atomic mass is 79.9. The normalized spacial score (nSPS) is 17.9. The number of ketones is 1. The Morgan fingerprint density at radius 3 is 2.64 bits per heavy atom. The van der Waals surface area contributed by atoms with Crippen molar-refractivity contribution in [1.29, 1.82) is 0 Å². The second kappa shape index (κ2) is 10.3. The van der Waals surface area contributed by atoms with Crippen molar-refractivity contribution in [3.63, 3.8) is 0 Å². The fourth-order valence-electron chi connectivity index (χ4n) is 5.34. The number of ether oxygens (including phenoxy) is 1. The van der Waals surface area contributed by atoms with Crippen LogP contribution in [0.25, 0.3) is 0 Å². The highest BCUT2D eigenvalue weighted by molar-refractivity contribution is 9.10. The number of carbonyl (C=O) groups excluding carboxylic acids is 1. The van der Waals surface area contributed by atoms with Crippen LogP contribution < -0.4 is 15.4 Å². The van der Waals surface area contributed by atoms with Crippen molar-refractivity contribution in [3.8, 4) is 5.75 Å². The van der Waals surface area contributed by atoms with Gasteiger partial charge in [-0.15, -0.1) is 5.10 Å². The largest absolute Gasteiger partial charge is 0.487 e. The summed E-state index contributed by atoms with van der Waals surface area (Å²) < 4.78 is 8.99. The van der Waals surface area contributed by atoms with Crippen molar-refractivity contribution in [2.75, 3.05) is 10.6 Å². The molecule has 0 bridgehead atoms. The van der Waals surface area contributed by atoms with Crippen LogP contribution in [0.1, 0.15) is 49.6 Å². The molecule has 8 heteroatoms. The molecule has 0 radical (unpaired) electrons. The molecule has 0 amide bonds. The fraction of sp³-hybridized carbons (Fsp3) is 0.258. The SMILES string of the molecule is CC1(C)CC(=O)C2=C(C1)Nc1ccccc1NC2c1cccc(OCc2cn(Cc3ccc(Br)cc3)nn2)c1. The molecular weight excluding hydrogens is 554 g/mol. The Kier molecular flexibility index (Phi) is 6.73. The summed E-state index contributed by atoms with van der Waals surface area (Å²) in [5, 5.41) is 15.7. The highest BCUT2D eigenvalue weighted by Gasteiger charge is 2.38. The molecule has 1 aliphatic heterocycles. The monoisotopic (exact) mass is 583 g/mol. The third-order valence-corrected chi connectivity index (χ3v) is 7.67. The molecule has 2 N–H and O–H groups in total. The average molecular weight is 585 g/mol. The molecule has 1 aliphatic carbocycles.